The van der Waals surface area contributed by atoms with Crippen molar-refractivity contribution in [1.29, 1.82) is 0 Å². The first-order valence-corrected chi connectivity index (χ1v) is 10.5. The number of aliphatic imine (C=N–C) groups is 1. The SMILES string of the molecule is CCNC(=NCC(C)(C)NC(=O)OC(C)(C)C)NCCN1CCN(CC)CC1.I. The van der Waals surface area contributed by atoms with Gasteiger partial charge < -0.3 is 25.6 Å². The lowest BCUT2D eigenvalue weighted by molar-refractivity contribution is 0.0476. The maximum atomic E-state index is 12.0. The smallest absolute Gasteiger partial charge is 0.408 e. The average molecular weight is 527 g/mol. The van der Waals surface area contributed by atoms with Gasteiger partial charge in [0.25, 0.3) is 0 Å². The van der Waals surface area contributed by atoms with Gasteiger partial charge in [0.15, 0.2) is 5.96 Å². The number of alkyl carbamates (subject to hydrolysis) is 1. The Morgan fingerprint density at radius 2 is 1.59 bits per heavy atom. The van der Waals surface area contributed by atoms with Crippen molar-refractivity contribution < 1.29 is 9.53 Å². The fourth-order valence-electron chi connectivity index (χ4n) is 2.90. The number of carbonyl (C=O) groups excluding carboxylic acids is 1. The van der Waals surface area contributed by atoms with Crippen molar-refractivity contribution >= 4 is 36.0 Å². The predicted octanol–water partition coefficient (Wildman–Crippen LogP) is 2.10. The molecule has 0 aromatic rings. The number of likely N-dealkylation sites (N-methyl/N-ethyl adjacent to an activating group) is 1. The van der Waals surface area contributed by atoms with E-state index in [0.29, 0.717) is 6.54 Å². The van der Waals surface area contributed by atoms with Crippen LogP contribution in [0.15, 0.2) is 4.99 Å². The maximum Gasteiger partial charge on any atom is 0.408 e. The molecule has 0 saturated carbocycles. The van der Waals surface area contributed by atoms with Gasteiger partial charge in [0.1, 0.15) is 5.60 Å². The Morgan fingerprint density at radius 3 is 2.10 bits per heavy atom. The fourth-order valence-corrected chi connectivity index (χ4v) is 2.90. The molecule has 1 aliphatic heterocycles. The molecule has 0 aromatic heterocycles. The minimum Gasteiger partial charge on any atom is -0.444 e. The third-order valence-electron chi connectivity index (χ3n) is 4.45. The molecule has 1 amide bonds. The van der Waals surface area contributed by atoms with Crippen molar-refractivity contribution in [2.45, 2.75) is 59.6 Å². The molecule has 29 heavy (non-hydrogen) atoms. The largest absolute Gasteiger partial charge is 0.444 e. The van der Waals surface area contributed by atoms with Crippen LogP contribution in [-0.2, 0) is 4.74 Å². The molecule has 8 nitrogen and oxygen atoms in total. The summed E-state index contributed by atoms with van der Waals surface area (Å²) in [4.78, 5) is 21.6. The zero-order chi connectivity index (χ0) is 21.2. The Balaban J connectivity index is 0.00000784. The molecular formula is C20H43IN6O2. The zero-order valence-electron chi connectivity index (χ0n) is 19.4. The van der Waals surface area contributed by atoms with Crippen LogP contribution < -0.4 is 16.0 Å². The van der Waals surface area contributed by atoms with E-state index in [9.17, 15) is 4.79 Å². The van der Waals surface area contributed by atoms with E-state index in [0.717, 1.165) is 58.3 Å². The van der Waals surface area contributed by atoms with Crippen molar-refractivity contribution in [2.75, 3.05) is 58.9 Å². The normalized spacial score (nSPS) is 16.7. The van der Waals surface area contributed by atoms with Crippen molar-refractivity contribution in [3.63, 3.8) is 0 Å². The van der Waals surface area contributed by atoms with Gasteiger partial charge in [0.05, 0.1) is 12.1 Å². The lowest BCUT2D eigenvalue weighted by atomic mass is 10.1. The Bertz CT molecular complexity index is 500. The Kier molecular flexibility index (Phi) is 13.1. The highest BCUT2D eigenvalue weighted by Gasteiger charge is 2.24. The third kappa shape index (κ3) is 13.2. The van der Waals surface area contributed by atoms with Crippen LogP contribution in [0.4, 0.5) is 4.79 Å². The quantitative estimate of drug-likeness (QED) is 0.256. The number of piperazine rings is 1. The van der Waals surface area contributed by atoms with Crippen LogP contribution in [0.5, 0.6) is 0 Å². The number of halogens is 1. The molecule has 0 unspecified atom stereocenters. The van der Waals surface area contributed by atoms with E-state index in [2.05, 4.69) is 37.7 Å². The van der Waals surface area contributed by atoms with Crippen LogP contribution in [0.3, 0.4) is 0 Å². The van der Waals surface area contributed by atoms with Gasteiger partial charge in [-0.15, -0.1) is 24.0 Å². The molecule has 0 aliphatic carbocycles. The van der Waals surface area contributed by atoms with E-state index in [1.54, 1.807) is 0 Å². The van der Waals surface area contributed by atoms with E-state index in [1.807, 2.05) is 41.5 Å². The lowest BCUT2D eigenvalue weighted by Crippen LogP contribution is -2.50. The molecule has 0 aromatic carbocycles. The number of hydrogen-bond acceptors (Lipinski definition) is 5. The van der Waals surface area contributed by atoms with E-state index >= 15 is 0 Å². The summed E-state index contributed by atoms with van der Waals surface area (Å²) in [6.45, 7) is 22.5. The molecule has 1 rings (SSSR count). The van der Waals surface area contributed by atoms with Crippen molar-refractivity contribution in [3.05, 3.63) is 0 Å². The van der Waals surface area contributed by atoms with E-state index < -0.39 is 17.2 Å². The molecule has 0 radical (unpaired) electrons. The first-order chi connectivity index (χ1) is 13.0. The number of ether oxygens (including phenoxy) is 1. The summed E-state index contributed by atoms with van der Waals surface area (Å²) < 4.78 is 5.34. The van der Waals surface area contributed by atoms with Gasteiger partial charge in [-0.05, 0) is 48.1 Å². The van der Waals surface area contributed by atoms with Gasteiger partial charge in [-0.1, -0.05) is 6.92 Å². The van der Waals surface area contributed by atoms with Gasteiger partial charge in [0.2, 0.25) is 0 Å². The number of carbonyl (C=O) groups is 1. The summed E-state index contributed by atoms with van der Waals surface area (Å²) in [6.07, 6.45) is -0.420. The molecule has 0 bridgehead atoms. The summed E-state index contributed by atoms with van der Waals surface area (Å²) in [5.74, 6) is 0.772. The van der Waals surface area contributed by atoms with Crippen LogP contribution in [0.25, 0.3) is 0 Å². The number of hydrogen-bond donors (Lipinski definition) is 3. The van der Waals surface area contributed by atoms with E-state index in [4.69, 9.17) is 4.74 Å². The summed E-state index contributed by atoms with van der Waals surface area (Å²) in [5.41, 5.74) is -1.01. The second-order valence-corrected chi connectivity index (χ2v) is 8.91. The highest BCUT2D eigenvalue weighted by Crippen LogP contribution is 2.09. The first-order valence-electron chi connectivity index (χ1n) is 10.5. The summed E-state index contributed by atoms with van der Waals surface area (Å²) >= 11 is 0. The van der Waals surface area contributed by atoms with E-state index in [1.165, 1.54) is 0 Å². The molecule has 9 heteroatoms. The zero-order valence-corrected chi connectivity index (χ0v) is 21.8. The summed E-state index contributed by atoms with van der Waals surface area (Å²) in [6, 6.07) is 0. The summed E-state index contributed by atoms with van der Waals surface area (Å²) in [5, 5.41) is 9.56. The number of guanidine groups is 1. The topological polar surface area (TPSA) is 81.2 Å². The highest BCUT2D eigenvalue weighted by molar-refractivity contribution is 14.0. The van der Waals surface area contributed by atoms with Gasteiger partial charge in [-0.25, -0.2) is 4.79 Å². The monoisotopic (exact) mass is 526 g/mol. The number of amides is 1. The van der Waals surface area contributed by atoms with E-state index in [-0.39, 0.29) is 24.0 Å². The minimum absolute atomic E-state index is 0. The minimum atomic E-state index is -0.511. The van der Waals surface area contributed by atoms with Gasteiger partial charge in [0, 0.05) is 45.8 Å². The Labute approximate surface area is 194 Å². The first kappa shape index (κ1) is 28.2. The van der Waals surface area contributed by atoms with Crippen LogP contribution in [0, 0.1) is 0 Å². The molecular weight excluding hydrogens is 483 g/mol. The Morgan fingerprint density at radius 1 is 1.00 bits per heavy atom. The van der Waals surface area contributed by atoms with Crippen LogP contribution in [-0.4, -0.2) is 91.9 Å². The third-order valence-corrected chi connectivity index (χ3v) is 4.45. The van der Waals surface area contributed by atoms with Gasteiger partial charge >= 0.3 is 6.09 Å². The van der Waals surface area contributed by atoms with Crippen molar-refractivity contribution in [1.82, 2.24) is 25.8 Å². The van der Waals surface area contributed by atoms with Gasteiger partial charge in [-0.3, -0.25) is 9.89 Å². The number of rotatable bonds is 8. The second kappa shape index (κ2) is 13.5. The standard InChI is InChI=1S/C20H42N6O2.HI/c1-8-21-17(22-10-11-26-14-12-25(9-2)13-15-26)23-16-20(6,7)24-18(27)28-19(3,4)5;/h8-16H2,1-7H3,(H,24,27)(H2,21,22,23);1H. The predicted molar refractivity (Wildman–Crippen MR) is 131 cm³/mol. The summed E-state index contributed by atoms with van der Waals surface area (Å²) in [7, 11) is 0. The van der Waals surface area contributed by atoms with Crippen molar-refractivity contribution in [3.8, 4) is 0 Å². The van der Waals surface area contributed by atoms with Crippen LogP contribution in [0.2, 0.25) is 0 Å². The van der Waals surface area contributed by atoms with Crippen LogP contribution in [0.1, 0.15) is 48.5 Å². The molecule has 172 valence electrons. The molecule has 1 saturated heterocycles. The highest BCUT2D eigenvalue weighted by atomic mass is 127. The lowest BCUT2D eigenvalue weighted by Gasteiger charge is -2.34. The maximum absolute atomic E-state index is 12.0. The molecule has 1 fully saturated rings. The average Bonchev–Trinajstić information content (AvgIpc) is 2.58. The van der Waals surface area contributed by atoms with Crippen molar-refractivity contribution in [2.24, 2.45) is 4.99 Å². The Hall–Kier alpha value is -0.810. The molecule has 0 atom stereocenters. The van der Waals surface area contributed by atoms with Crippen LogP contribution >= 0.6 is 24.0 Å². The molecule has 1 aliphatic rings. The number of nitrogens with zero attached hydrogens (tertiary/aromatic N) is 3. The molecule has 1 heterocycles. The second-order valence-electron chi connectivity index (χ2n) is 8.91. The fraction of sp³-hybridized carbons (Fsp3) is 0.900. The molecule has 3 N–H and O–H groups in total. The number of nitrogens with one attached hydrogen (secondary N) is 3. The van der Waals surface area contributed by atoms with Gasteiger partial charge in [-0.2, -0.15) is 0 Å². The molecule has 0 spiro atoms.